The van der Waals surface area contributed by atoms with Crippen molar-refractivity contribution in [3.05, 3.63) is 95.0 Å². The number of ether oxygens (including phenoxy) is 1. The minimum absolute atomic E-state index is 0.136. The molecule has 8 nitrogen and oxygen atoms in total. The molecule has 0 aromatic heterocycles. The van der Waals surface area contributed by atoms with Gasteiger partial charge in [-0.2, -0.15) is 0 Å². The molecule has 4 rings (SSSR count). The number of amides is 4. The summed E-state index contributed by atoms with van der Waals surface area (Å²) in [6.07, 6.45) is -0.236. The number of hydrogen-bond acceptors (Lipinski definition) is 5. The molecule has 1 aliphatic rings. The van der Waals surface area contributed by atoms with Crippen LogP contribution in [0.1, 0.15) is 22.3 Å². The second kappa shape index (κ2) is 10.4. The number of para-hydroxylation sites is 1. The van der Waals surface area contributed by atoms with Crippen LogP contribution in [0.15, 0.2) is 78.9 Å². The fourth-order valence-corrected chi connectivity index (χ4v) is 3.94. The first kappa shape index (κ1) is 24.0. The van der Waals surface area contributed by atoms with Crippen LogP contribution in [0.5, 0.6) is 0 Å². The Labute approximate surface area is 207 Å². The van der Waals surface area contributed by atoms with Crippen LogP contribution in [0.25, 0.3) is 0 Å². The Bertz CT molecular complexity index is 1250. The molecule has 1 N–H and O–H groups in total. The van der Waals surface area contributed by atoms with Gasteiger partial charge in [-0.25, -0.2) is 14.5 Å². The molecule has 0 radical (unpaired) electrons. The SMILES string of the molecule is COC(=O)c1ccc(NC(=O)C[C@H]2C(=O)N(c3ccccc3)C(=O)N2Cc2ccc(Cl)cc2)cc1. The molecule has 0 aliphatic carbocycles. The fraction of sp³-hybridized carbons (Fsp3) is 0.154. The summed E-state index contributed by atoms with van der Waals surface area (Å²) in [6.45, 7) is 0.136. The van der Waals surface area contributed by atoms with Crippen molar-refractivity contribution in [1.82, 2.24) is 4.90 Å². The molecular weight excluding hydrogens is 470 g/mol. The van der Waals surface area contributed by atoms with E-state index in [-0.39, 0.29) is 13.0 Å². The summed E-state index contributed by atoms with van der Waals surface area (Å²) in [5.74, 6) is -1.42. The summed E-state index contributed by atoms with van der Waals surface area (Å²) in [7, 11) is 1.28. The van der Waals surface area contributed by atoms with E-state index >= 15 is 0 Å². The molecule has 0 saturated carbocycles. The molecule has 4 amide bonds. The van der Waals surface area contributed by atoms with Crippen molar-refractivity contribution in [3.63, 3.8) is 0 Å². The normalized spacial score (nSPS) is 15.3. The van der Waals surface area contributed by atoms with Crippen LogP contribution in [0.2, 0.25) is 5.02 Å². The number of nitrogens with zero attached hydrogens (tertiary/aromatic N) is 2. The van der Waals surface area contributed by atoms with Crippen LogP contribution in [-0.2, 0) is 20.9 Å². The maximum absolute atomic E-state index is 13.3. The van der Waals surface area contributed by atoms with Crippen molar-refractivity contribution in [2.24, 2.45) is 0 Å². The average molecular weight is 492 g/mol. The standard InChI is InChI=1S/C26H22ClN3O5/c1-35-25(33)18-9-13-20(14-10-18)28-23(31)15-22-24(32)30(21-5-3-2-4-6-21)26(34)29(22)16-17-7-11-19(27)12-8-17/h2-14,22H,15-16H2,1H3,(H,28,31)/t22-/m0/s1. The first-order valence-electron chi connectivity index (χ1n) is 10.8. The van der Waals surface area contributed by atoms with Gasteiger partial charge in [-0.3, -0.25) is 9.59 Å². The van der Waals surface area contributed by atoms with E-state index in [1.165, 1.54) is 24.1 Å². The van der Waals surface area contributed by atoms with Gasteiger partial charge in [-0.15, -0.1) is 0 Å². The molecule has 3 aromatic rings. The largest absolute Gasteiger partial charge is 0.465 e. The Morgan fingerprint density at radius 2 is 1.60 bits per heavy atom. The average Bonchev–Trinajstić information content (AvgIpc) is 3.09. The fourth-order valence-electron chi connectivity index (χ4n) is 3.81. The lowest BCUT2D eigenvalue weighted by Gasteiger charge is -2.21. The first-order chi connectivity index (χ1) is 16.9. The van der Waals surface area contributed by atoms with Crippen LogP contribution in [0.4, 0.5) is 16.2 Å². The van der Waals surface area contributed by atoms with Crippen molar-refractivity contribution in [2.45, 2.75) is 19.0 Å². The molecule has 1 saturated heterocycles. The zero-order valence-corrected chi connectivity index (χ0v) is 19.6. The van der Waals surface area contributed by atoms with E-state index in [0.29, 0.717) is 22.0 Å². The highest BCUT2D eigenvalue weighted by atomic mass is 35.5. The van der Waals surface area contributed by atoms with E-state index in [2.05, 4.69) is 10.1 Å². The number of benzene rings is 3. The summed E-state index contributed by atoms with van der Waals surface area (Å²) >= 11 is 5.97. The smallest absolute Gasteiger partial charge is 0.337 e. The molecule has 0 unspecified atom stereocenters. The second-order valence-corrected chi connectivity index (χ2v) is 8.32. The minimum atomic E-state index is -0.993. The Morgan fingerprint density at radius 3 is 2.23 bits per heavy atom. The molecular formula is C26H22ClN3O5. The van der Waals surface area contributed by atoms with Gasteiger partial charge in [0.1, 0.15) is 6.04 Å². The lowest BCUT2D eigenvalue weighted by atomic mass is 10.1. The molecule has 1 fully saturated rings. The van der Waals surface area contributed by atoms with Crippen molar-refractivity contribution in [2.75, 3.05) is 17.3 Å². The topological polar surface area (TPSA) is 96.0 Å². The van der Waals surface area contributed by atoms with E-state index < -0.39 is 29.9 Å². The maximum atomic E-state index is 13.3. The zero-order valence-electron chi connectivity index (χ0n) is 18.8. The minimum Gasteiger partial charge on any atom is -0.465 e. The van der Waals surface area contributed by atoms with Gasteiger partial charge < -0.3 is 15.0 Å². The van der Waals surface area contributed by atoms with Crippen LogP contribution in [-0.4, -0.2) is 41.9 Å². The van der Waals surface area contributed by atoms with Gasteiger partial charge in [-0.05, 0) is 54.1 Å². The molecule has 1 atom stereocenters. The highest BCUT2D eigenvalue weighted by molar-refractivity contribution is 6.30. The Morgan fingerprint density at radius 1 is 0.943 bits per heavy atom. The number of imide groups is 1. The number of methoxy groups -OCH3 is 1. The van der Waals surface area contributed by atoms with E-state index in [1.54, 1.807) is 66.7 Å². The van der Waals surface area contributed by atoms with Gasteiger partial charge in [0, 0.05) is 17.3 Å². The number of rotatable bonds is 7. The van der Waals surface area contributed by atoms with Gasteiger partial charge in [0.05, 0.1) is 24.8 Å². The predicted octanol–water partition coefficient (Wildman–Crippen LogP) is 4.49. The number of halogens is 1. The molecule has 1 aliphatic heterocycles. The molecule has 3 aromatic carbocycles. The number of esters is 1. The van der Waals surface area contributed by atoms with Crippen LogP contribution in [0.3, 0.4) is 0 Å². The lowest BCUT2D eigenvalue weighted by molar-refractivity contribution is -0.124. The van der Waals surface area contributed by atoms with Gasteiger partial charge >= 0.3 is 12.0 Å². The third-order valence-electron chi connectivity index (χ3n) is 5.57. The zero-order chi connectivity index (χ0) is 24.9. The lowest BCUT2D eigenvalue weighted by Crippen LogP contribution is -2.37. The molecule has 178 valence electrons. The number of carbonyl (C=O) groups excluding carboxylic acids is 4. The number of carbonyl (C=O) groups is 4. The van der Waals surface area contributed by atoms with Gasteiger partial charge in [0.25, 0.3) is 5.91 Å². The van der Waals surface area contributed by atoms with E-state index in [9.17, 15) is 19.2 Å². The molecule has 35 heavy (non-hydrogen) atoms. The Balaban J connectivity index is 1.55. The first-order valence-corrected chi connectivity index (χ1v) is 11.2. The van der Waals surface area contributed by atoms with Crippen molar-refractivity contribution in [3.8, 4) is 0 Å². The summed E-state index contributed by atoms with van der Waals surface area (Å²) in [5, 5.41) is 3.27. The van der Waals surface area contributed by atoms with Crippen LogP contribution >= 0.6 is 11.6 Å². The van der Waals surface area contributed by atoms with Crippen molar-refractivity contribution >= 4 is 46.8 Å². The van der Waals surface area contributed by atoms with Crippen LogP contribution in [0, 0.1) is 0 Å². The van der Waals surface area contributed by atoms with Crippen molar-refractivity contribution < 1.29 is 23.9 Å². The molecule has 1 heterocycles. The van der Waals surface area contributed by atoms with E-state index in [0.717, 1.165) is 10.5 Å². The third-order valence-corrected chi connectivity index (χ3v) is 5.82. The maximum Gasteiger partial charge on any atom is 0.337 e. The van der Waals surface area contributed by atoms with Gasteiger partial charge in [0.2, 0.25) is 5.91 Å². The summed E-state index contributed by atoms with van der Waals surface area (Å²) in [4.78, 5) is 53.6. The third kappa shape index (κ3) is 5.33. The van der Waals surface area contributed by atoms with Gasteiger partial charge in [0.15, 0.2) is 0 Å². The molecule has 0 bridgehead atoms. The van der Waals surface area contributed by atoms with E-state index in [1.807, 2.05) is 0 Å². The number of nitrogens with one attached hydrogen (secondary N) is 1. The summed E-state index contributed by atoms with van der Waals surface area (Å²) < 4.78 is 4.67. The quantitative estimate of drug-likeness (QED) is 0.388. The number of hydrogen-bond donors (Lipinski definition) is 1. The highest BCUT2D eigenvalue weighted by Crippen LogP contribution is 2.28. The number of urea groups is 1. The van der Waals surface area contributed by atoms with E-state index in [4.69, 9.17) is 11.6 Å². The number of anilines is 2. The monoisotopic (exact) mass is 491 g/mol. The molecule has 9 heteroatoms. The summed E-state index contributed by atoms with van der Waals surface area (Å²) in [5.41, 5.74) is 2.00. The Kier molecular flexibility index (Phi) is 7.12. The summed E-state index contributed by atoms with van der Waals surface area (Å²) in [6, 6.07) is 20.2. The Hall–Kier alpha value is -4.17. The van der Waals surface area contributed by atoms with Crippen LogP contribution < -0.4 is 10.2 Å². The molecule has 0 spiro atoms. The van der Waals surface area contributed by atoms with Crippen molar-refractivity contribution in [1.29, 1.82) is 0 Å². The predicted molar refractivity (Wildman–Crippen MR) is 131 cm³/mol. The van der Waals surface area contributed by atoms with Gasteiger partial charge in [-0.1, -0.05) is 41.9 Å². The second-order valence-electron chi connectivity index (χ2n) is 7.88. The highest BCUT2D eigenvalue weighted by Gasteiger charge is 2.46.